The first kappa shape index (κ1) is 7.19. The molecule has 0 aromatic rings. The van der Waals surface area contributed by atoms with Gasteiger partial charge < -0.3 is 11.1 Å². The lowest BCUT2D eigenvalue weighted by Crippen LogP contribution is -2.22. The molecule has 56 valence electrons. The lowest BCUT2D eigenvalue weighted by molar-refractivity contribution is 0.804. The molecule has 2 nitrogen and oxygen atoms in total. The number of hydrogen-bond donors (Lipinski definition) is 2. The van der Waals surface area contributed by atoms with E-state index in [1.165, 1.54) is 5.57 Å². The van der Waals surface area contributed by atoms with Crippen molar-refractivity contribution in [2.45, 2.75) is 20.3 Å². The molecule has 0 bridgehead atoms. The van der Waals surface area contributed by atoms with Crippen LogP contribution in [0.4, 0.5) is 0 Å². The number of nitrogens with one attached hydrogen (secondary N) is 1. The Morgan fingerprint density at radius 3 is 2.90 bits per heavy atom. The van der Waals surface area contributed by atoms with E-state index in [1.807, 2.05) is 13.0 Å². The minimum Gasteiger partial charge on any atom is -0.399 e. The quantitative estimate of drug-likeness (QED) is 0.569. The van der Waals surface area contributed by atoms with E-state index in [0.717, 1.165) is 24.4 Å². The summed E-state index contributed by atoms with van der Waals surface area (Å²) in [6.45, 7) is 5.07. The van der Waals surface area contributed by atoms with Gasteiger partial charge >= 0.3 is 0 Å². The largest absolute Gasteiger partial charge is 0.399 e. The third-order valence-corrected chi connectivity index (χ3v) is 1.79. The van der Waals surface area contributed by atoms with Gasteiger partial charge in [-0.05, 0) is 25.0 Å². The predicted molar refractivity (Wildman–Crippen MR) is 43.3 cm³/mol. The molecule has 1 rings (SSSR count). The molecule has 0 aromatic carbocycles. The smallest absolute Gasteiger partial charge is 0.0380 e. The molecule has 10 heavy (non-hydrogen) atoms. The van der Waals surface area contributed by atoms with E-state index in [0.29, 0.717) is 0 Å². The van der Waals surface area contributed by atoms with E-state index in [4.69, 9.17) is 5.73 Å². The van der Waals surface area contributed by atoms with Crippen LogP contribution in [0.5, 0.6) is 0 Å². The van der Waals surface area contributed by atoms with Crippen LogP contribution in [-0.2, 0) is 0 Å². The molecule has 3 N–H and O–H groups in total. The van der Waals surface area contributed by atoms with Gasteiger partial charge in [0, 0.05) is 17.9 Å². The predicted octanol–water partition coefficient (Wildman–Crippen LogP) is 1.12. The maximum absolute atomic E-state index is 5.74. The minimum atomic E-state index is 0.921. The second-order valence-electron chi connectivity index (χ2n) is 2.59. The Balaban J connectivity index is 2.80. The van der Waals surface area contributed by atoms with E-state index in [-0.39, 0.29) is 0 Å². The summed E-state index contributed by atoms with van der Waals surface area (Å²) in [5, 5.41) is 3.24. The molecule has 0 spiro atoms. The molecule has 1 aliphatic rings. The fraction of sp³-hybridized carbons (Fsp3) is 0.500. The van der Waals surface area contributed by atoms with E-state index in [1.54, 1.807) is 0 Å². The van der Waals surface area contributed by atoms with Gasteiger partial charge in [0.2, 0.25) is 0 Å². The van der Waals surface area contributed by atoms with Crippen LogP contribution in [0.3, 0.4) is 0 Å². The SMILES string of the molecule is CCC1=C(N)C=C(C)NC1. The highest BCUT2D eigenvalue weighted by atomic mass is 14.9. The van der Waals surface area contributed by atoms with Gasteiger partial charge in [-0.3, -0.25) is 0 Å². The highest BCUT2D eigenvalue weighted by molar-refractivity contribution is 5.30. The number of hydrogen-bond acceptors (Lipinski definition) is 2. The standard InChI is InChI=1S/C8H14N2/c1-3-7-5-10-6(2)4-8(7)9/h4,10H,3,5,9H2,1-2H3. The first-order valence-electron chi connectivity index (χ1n) is 3.63. The zero-order valence-corrected chi connectivity index (χ0v) is 6.57. The van der Waals surface area contributed by atoms with Crippen LogP contribution in [0.2, 0.25) is 0 Å². The average molecular weight is 138 g/mol. The maximum atomic E-state index is 5.74. The summed E-state index contributed by atoms with van der Waals surface area (Å²) in [5.74, 6) is 0. The van der Waals surface area contributed by atoms with Crippen LogP contribution in [0.15, 0.2) is 23.0 Å². The van der Waals surface area contributed by atoms with E-state index < -0.39 is 0 Å². The lowest BCUT2D eigenvalue weighted by Gasteiger charge is -2.16. The Kier molecular flexibility index (Phi) is 2.00. The van der Waals surface area contributed by atoms with Crippen LogP contribution in [0.25, 0.3) is 0 Å². The molecule has 0 radical (unpaired) electrons. The Bertz CT molecular complexity index is 189. The van der Waals surface area contributed by atoms with Gasteiger partial charge in [0.15, 0.2) is 0 Å². The van der Waals surface area contributed by atoms with Crippen molar-refractivity contribution in [2.24, 2.45) is 5.73 Å². The van der Waals surface area contributed by atoms with Gasteiger partial charge in [0.05, 0.1) is 0 Å². The van der Waals surface area contributed by atoms with E-state index in [9.17, 15) is 0 Å². The second-order valence-corrected chi connectivity index (χ2v) is 2.59. The van der Waals surface area contributed by atoms with Gasteiger partial charge in [0.25, 0.3) is 0 Å². The number of nitrogens with two attached hydrogens (primary N) is 1. The molecule has 0 saturated carbocycles. The molecule has 1 aliphatic heterocycles. The van der Waals surface area contributed by atoms with Crippen LogP contribution >= 0.6 is 0 Å². The molecule has 0 atom stereocenters. The van der Waals surface area contributed by atoms with Crippen LogP contribution in [0, 0.1) is 0 Å². The van der Waals surface area contributed by atoms with Crippen molar-refractivity contribution in [1.82, 2.24) is 5.32 Å². The third-order valence-electron chi connectivity index (χ3n) is 1.79. The normalized spacial score (nSPS) is 18.4. The maximum Gasteiger partial charge on any atom is 0.0380 e. The molecule has 2 heteroatoms. The number of rotatable bonds is 1. The molecular formula is C8H14N2. The molecule has 0 saturated heterocycles. The van der Waals surface area contributed by atoms with Gasteiger partial charge in [-0.25, -0.2) is 0 Å². The van der Waals surface area contributed by atoms with Crippen molar-refractivity contribution in [3.63, 3.8) is 0 Å². The molecule has 0 unspecified atom stereocenters. The first-order valence-corrected chi connectivity index (χ1v) is 3.63. The molecule has 1 heterocycles. The summed E-state index contributed by atoms with van der Waals surface area (Å²) in [5.41, 5.74) is 9.16. The lowest BCUT2D eigenvalue weighted by atomic mass is 10.1. The second kappa shape index (κ2) is 2.78. The van der Waals surface area contributed by atoms with Crippen LogP contribution in [0.1, 0.15) is 20.3 Å². The van der Waals surface area contributed by atoms with Crippen molar-refractivity contribution in [3.8, 4) is 0 Å². The number of allylic oxidation sites excluding steroid dienone is 2. The summed E-state index contributed by atoms with van der Waals surface area (Å²) in [6, 6.07) is 0. The van der Waals surface area contributed by atoms with Gasteiger partial charge in [0.1, 0.15) is 0 Å². The zero-order chi connectivity index (χ0) is 7.56. The average Bonchev–Trinajstić information content (AvgIpc) is 1.88. The molecule has 0 aromatic heterocycles. The van der Waals surface area contributed by atoms with E-state index >= 15 is 0 Å². The Hall–Kier alpha value is -0.920. The highest BCUT2D eigenvalue weighted by Crippen LogP contribution is 2.10. The summed E-state index contributed by atoms with van der Waals surface area (Å²) in [4.78, 5) is 0. The topological polar surface area (TPSA) is 38.0 Å². The Morgan fingerprint density at radius 2 is 2.40 bits per heavy atom. The summed E-state index contributed by atoms with van der Waals surface area (Å²) in [7, 11) is 0. The molecule has 0 fully saturated rings. The minimum absolute atomic E-state index is 0.921. The first-order chi connectivity index (χ1) is 4.74. The number of dihydropyridines is 1. The molecule has 0 aliphatic carbocycles. The van der Waals surface area contributed by atoms with Crippen LogP contribution in [-0.4, -0.2) is 6.54 Å². The molecule has 0 amide bonds. The van der Waals surface area contributed by atoms with Crippen molar-refractivity contribution in [1.29, 1.82) is 0 Å². The van der Waals surface area contributed by atoms with Gasteiger partial charge in [-0.15, -0.1) is 0 Å². The van der Waals surface area contributed by atoms with Crippen molar-refractivity contribution < 1.29 is 0 Å². The fourth-order valence-electron chi connectivity index (χ4n) is 1.06. The third kappa shape index (κ3) is 1.32. The van der Waals surface area contributed by atoms with Crippen molar-refractivity contribution in [3.05, 3.63) is 23.0 Å². The summed E-state index contributed by atoms with van der Waals surface area (Å²) >= 11 is 0. The van der Waals surface area contributed by atoms with Crippen molar-refractivity contribution in [2.75, 3.05) is 6.54 Å². The summed E-state index contributed by atoms with van der Waals surface area (Å²) < 4.78 is 0. The summed E-state index contributed by atoms with van der Waals surface area (Å²) in [6.07, 6.45) is 3.03. The Morgan fingerprint density at radius 1 is 1.70 bits per heavy atom. The van der Waals surface area contributed by atoms with E-state index in [2.05, 4.69) is 12.2 Å². The fourth-order valence-corrected chi connectivity index (χ4v) is 1.06. The Labute approximate surface area is 61.8 Å². The van der Waals surface area contributed by atoms with Gasteiger partial charge in [-0.1, -0.05) is 6.92 Å². The van der Waals surface area contributed by atoms with Crippen LogP contribution < -0.4 is 11.1 Å². The van der Waals surface area contributed by atoms with Crippen molar-refractivity contribution >= 4 is 0 Å². The monoisotopic (exact) mass is 138 g/mol. The molecular weight excluding hydrogens is 124 g/mol. The zero-order valence-electron chi connectivity index (χ0n) is 6.57. The highest BCUT2D eigenvalue weighted by Gasteiger charge is 2.04. The van der Waals surface area contributed by atoms with Gasteiger partial charge in [-0.2, -0.15) is 0 Å².